The predicted molar refractivity (Wildman–Crippen MR) is 78.2 cm³/mol. The van der Waals surface area contributed by atoms with Crippen LogP contribution in [0.25, 0.3) is 0 Å². The number of carbonyl (C=O) groups excluding carboxylic acids is 1. The summed E-state index contributed by atoms with van der Waals surface area (Å²) < 4.78 is 5.21. The summed E-state index contributed by atoms with van der Waals surface area (Å²) in [7, 11) is 0. The van der Waals surface area contributed by atoms with Gasteiger partial charge in [-0.1, -0.05) is 23.9 Å². The van der Waals surface area contributed by atoms with Crippen molar-refractivity contribution in [2.75, 3.05) is 6.61 Å². The molecule has 7 heteroatoms. The van der Waals surface area contributed by atoms with E-state index in [0.29, 0.717) is 10.5 Å². The third kappa shape index (κ3) is 4.98. The summed E-state index contributed by atoms with van der Waals surface area (Å²) in [5.74, 6) is -0.908. The fraction of sp³-hybridized carbons (Fsp3) is 0.250. The van der Waals surface area contributed by atoms with Crippen molar-refractivity contribution in [3.63, 3.8) is 0 Å². The number of aliphatic hydroxyl groups excluding tert-OH is 1. The van der Waals surface area contributed by atoms with Crippen molar-refractivity contribution in [3.05, 3.63) is 29.8 Å². The fourth-order valence-corrected chi connectivity index (χ4v) is 2.23. The molecule has 5 nitrogen and oxygen atoms in total. The summed E-state index contributed by atoms with van der Waals surface area (Å²) in [6.45, 7) is 1.31. The molecule has 4 N–H and O–H groups in total. The van der Waals surface area contributed by atoms with Crippen LogP contribution in [0.4, 0.5) is 0 Å². The highest BCUT2D eigenvalue weighted by molar-refractivity contribution is 8.13. The zero-order valence-electron chi connectivity index (χ0n) is 10.2. The largest absolute Gasteiger partial charge is 0.501 e. The molecule has 1 aromatic carbocycles. The number of hydrogen-bond donors (Lipinski definition) is 2. The molecule has 0 spiro atoms. The Balaban J connectivity index is 2.76. The van der Waals surface area contributed by atoms with Crippen molar-refractivity contribution in [2.24, 2.45) is 5.73 Å². The van der Waals surface area contributed by atoms with Gasteiger partial charge in [0.05, 0.1) is 0 Å². The lowest BCUT2D eigenvalue weighted by Crippen LogP contribution is -2.35. The molecule has 0 amide bonds. The lowest BCUT2D eigenvalue weighted by molar-refractivity contribution is -0.109. The van der Waals surface area contributed by atoms with E-state index in [4.69, 9.17) is 32.6 Å². The summed E-state index contributed by atoms with van der Waals surface area (Å²) in [6, 6.07) is 6.01. The van der Waals surface area contributed by atoms with Crippen molar-refractivity contribution >= 4 is 40.1 Å². The van der Waals surface area contributed by atoms with Crippen LogP contribution in [-0.4, -0.2) is 38.7 Å². The van der Waals surface area contributed by atoms with Crippen LogP contribution in [0.3, 0.4) is 0 Å². The first kappa shape index (κ1) is 15.6. The van der Waals surface area contributed by atoms with Crippen molar-refractivity contribution in [1.82, 2.24) is 0 Å². The maximum Gasteiger partial charge on any atom is 0.501 e. The van der Waals surface area contributed by atoms with Crippen LogP contribution in [0.1, 0.15) is 12.5 Å². The quantitative estimate of drug-likeness (QED) is 0.485. The van der Waals surface area contributed by atoms with Gasteiger partial charge in [-0.15, -0.1) is 0 Å². The van der Waals surface area contributed by atoms with E-state index in [2.05, 4.69) is 0 Å². The van der Waals surface area contributed by atoms with Crippen LogP contribution in [0, 0.1) is 0 Å². The second kappa shape index (κ2) is 7.22. The number of thiocarbonyl (C=S) groups is 1. The lowest BCUT2D eigenvalue weighted by Gasteiger charge is -2.11. The van der Waals surface area contributed by atoms with Crippen molar-refractivity contribution in [2.45, 2.75) is 17.9 Å². The first-order valence-corrected chi connectivity index (χ1v) is 6.59. The number of rotatable bonds is 5. The average Bonchev–Trinajstić information content (AvgIpc) is 2.35. The van der Waals surface area contributed by atoms with E-state index in [1.165, 1.54) is 6.92 Å². The third-order valence-corrected chi connectivity index (χ3v) is 3.29. The first-order valence-electron chi connectivity index (χ1n) is 5.36. The highest BCUT2D eigenvalue weighted by Gasteiger charge is 2.20. The summed E-state index contributed by atoms with van der Waals surface area (Å²) in [6.07, 6.45) is 0. The molecule has 0 radical (unpaired) electrons. The number of aliphatic carboxylic acids is 1. The van der Waals surface area contributed by atoms with Crippen LogP contribution in [-0.2, 0) is 9.53 Å². The maximum absolute atomic E-state index is 11.1. The molecule has 0 heterocycles. The van der Waals surface area contributed by atoms with Crippen LogP contribution in [0.2, 0.25) is 0 Å². The average molecular weight is 300 g/mol. The fourth-order valence-electron chi connectivity index (χ4n) is 1.20. The van der Waals surface area contributed by atoms with E-state index in [9.17, 15) is 4.79 Å². The van der Waals surface area contributed by atoms with E-state index in [-0.39, 0.29) is 16.8 Å². The number of thioether (sulfide) groups is 1. The highest BCUT2D eigenvalue weighted by atomic mass is 32.2. The molecule has 1 atom stereocenters. The van der Waals surface area contributed by atoms with E-state index in [1.54, 1.807) is 24.3 Å². The second-order valence-corrected chi connectivity index (χ2v) is 5.24. The molecular weight excluding hydrogens is 286 g/mol. The second-order valence-electron chi connectivity index (χ2n) is 3.65. The zero-order valence-corrected chi connectivity index (χ0v) is 11.8. The molecule has 19 heavy (non-hydrogen) atoms. The van der Waals surface area contributed by atoms with Gasteiger partial charge < -0.3 is 20.4 Å². The molecule has 0 aliphatic heterocycles. The van der Waals surface area contributed by atoms with E-state index >= 15 is 0 Å². The molecule has 0 unspecified atom stereocenters. The summed E-state index contributed by atoms with van der Waals surface area (Å²) in [5.41, 5.74) is 5.98. The van der Waals surface area contributed by atoms with Gasteiger partial charge >= 0.3 is 5.97 Å². The van der Waals surface area contributed by atoms with Gasteiger partial charge in [0.1, 0.15) is 6.61 Å². The Morgan fingerprint density at radius 3 is 2.79 bits per heavy atom. The van der Waals surface area contributed by atoms with Gasteiger partial charge in [0.25, 0.3) is 0 Å². The molecule has 102 valence electrons. The number of ether oxygens (including phenoxy) is 1. The Bertz CT molecular complexity index is 504. The maximum atomic E-state index is 11.1. The topological polar surface area (TPSA) is 93.9 Å². The minimum absolute atomic E-state index is 0.0618. The summed E-state index contributed by atoms with van der Waals surface area (Å²) >= 11 is 6.14. The van der Waals surface area contributed by atoms with Crippen molar-refractivity contribution < 1.29 is 19.4 Å². The number of hydrogen-bond acceptors (Lipinski definition) is 5. The standard InChI is InChI=1S/C12H13NO4S2/c1-7(14)19-10-5-3-2-4-8(10)12(18)17-6-9(13)11(15)16/h2-5,9H,6,13H2,1H3,(H,15,16)/p+1/t9-/m0/s1. The minimum Gasteiger partial charge on any atom is -0.480 e. The van der Waals surface area contributed by atoms with Gasteiger partial charge in [0.2, 0.25) is 0 Å². The minimum atomic E-state index is -1.02. The number of carboxylic acids is 1. The number of benzene rings is 1. The summed E-state index contributed by atoms with van der Waals surface area (Å²) in [5, 5.41) is 8.85. The van der Waals surface area contributed by atoms with Crippen molar-refractivity contribution in [1.29, 1.82) is 0 Å². The molecule has 1 aromatic rings. The van der Waals surface area contributed by atoms with Crippen LogP contribution >= 0.6 is 24.0 Å². The van der Waals surface area contributed by atoms with Crippen LogP contribution in [0.5, 0.6) is 0 Å². The van der Waals surface area contributed by atoms with Crippen LogP contribution < -0.4 is 5.73 Å². The molecule has 0 aromatic heterocycles. The number of nitrogens with two attached hydrogens (primary N) is 1. The zero-order chi connectivity index (χ0) is 14.4. The number of carbonyl (C=O) groups is 1. The smallest absolute Gasteiger partial charge is 0.480 e. The van der Waals surface area contributed by atoms with E-state index in [1.807, 2.05) is 0 Å². The van der Waals surface area contributed by atoms with Gasteiger partial charge in [-0.3, -0.25) is 4.79 Å². The third-order valence-electron chi connectivity index (χ3n) is 2.09. The number of carboxylic acid groups (broad SMARTS) is 1. The van der Waals surface area contributed by atoms with Crippen LogP contribution in [0.15, 0.2) is 29.2 Å². The first-order chi connectivity index (χ1) is 8.91. The molecule has 0 bridgehead atoms. The molecule has 0 fully saturated rings. The molecule has 0 aliphatic carbocycles. The van der Waals surface area contributed by atoms with Gasteiger partial charge in [-0.2, -0.15) is 0 Å². The highest BCUT2D eigenvalue weighted by Crippen LogP contribution is 2.24. The molecule has 0 saturated heterocycles. The predicted octanol–water partition coefficient (Wildman–Crippen LogP) is 1.40. The lowest BCUT2D eigenvalue weighted by atomic mass is 10.2. The van der Waals surface area contributed by atoms with Gasteiger partial charge in [0, 0.05) is 17.4 Å². The Labute approximate surface area is 120 Å². The Hall–Kier alpha value is -1.44. The normalized spacial score (nSPS) is 11.7. The Kier molecular flexibility index (Phi) is 5.94. The molecule has 0 saturated carbocycles. The molecule has 0 aliphatic rings. The van der Waals surface area contributed by atoms with Gasteiger partial charge in [-0.05, 0) is 24.4 Å². The van der Waals surface area contributed by atoms with Gasteiger partial charge in [-0.25, -0.2) is 0 Å². The summed E-state index contributed by atoms with van der Waals surface area (Å²) in [4.78, 5) is 20.6. The Morgan fingerprint density at radius 2 is 2.21 bits per heavy atom. The molecular formula is C12H14NO4S2+. The Morgan fingerprint density at radius 1 is 1.58 bits per heavy atom. The van der Waals surface area contributed by atoms with E-state index in [0.717, 1.165) is 11.8 Å². The van der Waals surface area contributed by atoms with E-state index < -0.39 is 12.0 Å². The van der Waals surface area contributed by atoms with Gasteiger partial charge in [0.15, 0.2) is 16.2 Å². The SMILES string of the molecule is CC(=O)Sc1ccccc1C(=S)OC[C@H](N)C(O)=[OH+]. The molecule has 1 rings (SSSR count). The van der Waals surface area contributed by atoms with Crippen molar-refractivity contribution in [3.8, 4) is 0 Å². The monoisotopic (exact) mass is 300 g/mol.